The first-order chi connectivity index (χ1) is 12.2. The average Bonchev–Trinajstić information content (AvgIpc) is 2.93. The number of carbonyl (C=O) groups excluding carboxylic acids is 1. The monoisotopic (exact) mass is 356 g/mol. The van der Waals surface area contributed by atoms with Crippen LogP contribution in [-0.4, -0.2) is 27.6 Å². The van der Waals surface area contributed by atoms with Crippen molar-refractivity contribution in [2.24, 2.45) is 12.8 Å². The molecule has 0 aliphatic rings. The van der Waals surface area contributed by atoms with Gasteiger partial charge in [-0.1, -0.05) is 29.3 Å². The zero-order valence-electron chi connectivity index (χ0n) is 16.5. The quantitative estimate of drug-likeness (QED) is 0.676. The molecular formula is C22H32N2O2. The Morgan fingerprint density at radius 3 is 2.42 bits per heavy atom. The summed E-state index contributed by atoms with van der Waals surface area (Å²) in [5, 5.41) is 9.27. The van der Waals surface area contributed by atoms with E-state index >= 15 is 0 Å². The van der Waals surface area contributed by atoms with Gasteiger partial charge in [0.15, 0.2) is 5.78 Å². The van der Waals surface area contributed by atoms with Gasteiger partial charge in [0.05, 0.1) is 12.3 Å². The Labute approximate surface area is 157 Å². The molecule has 0 aliphatic heterocycles. The van der Waals surface area contributed by atoms with Crippen LogP contribution in [-0.2, 0) is 19.9 Å². The van der Waals surface area contributed by atoms with E-state index in [2.05, 4.69) is 32.0 Å². The van der Waals surface area contributed by atoms with Gasteiger partial charge < -0.3 is 15.4 Å². The van der Waals surface area contributed by atoms with Crippen molar-refractivity contribution in [3.8, 4) is 0 Å². The summed E-state index contributed by atoms with van der Waals surface area (Å²) in [4.78, 5) is 12.6. The molecule has 4 heteroatoms. The largest absolute Gasteiger partial charge is 0.394 e. The molecule has 0 fully saturated rings. The van der Waals surface area contributed by atoms with E-state index in [1.54, 1.807) is 0 Å². The third-order valence-corrected chi connectivity index (χ3v) is 4.98. The van der Waals surface area contributed by atoms with E-state index in [0.717, 1.165) is 30.7 Å². The van der Waals surface area contributed by atoms with Crippen molar-refractivity contribution in [3.63, 3.8) is 0 Å². The Morgan fingerprint density at radius 1 is 1.15 bits per heavy atom. The van der Waals surface area contributed by atoms with Crippen molar-refractivity contribution in [3.05, 3.63) is 58.4 Å². The van der Waals surface area contributed by atoms with Crippen LogP contribution in [0.15, 0.2) is 30.3 Å². The van der Waals surface area contributed by atoms with Crippen LogP contribution in [0.4, 0.5) is 0 Å². The lowest BCUT2D eigenvalue weighted by Gasteiger charge is -2.21. The molecule has 0 radical (unpaired) electrons. The standard InChI is InChI=1S/C22H32N2O2/c1-16-12-17(2)14-18(13-16)6-5-7-21(26)20-9-8-19(24(20)4)10-11-22(3,23)15-25/h8-9,12-14,25H,5-7,10-11,15,23H2,1-4H3. The summed E-state index contributed by atoms with van der Waals surface area (Å²) < 4.78 is 1.96. The summed E-state index contributed by atoms with van der Waals surface area (Å²) in [6, 6.07) is 10.5. The first kappa shape index (κ1) is 20.4. The Kier molecular flexibility index (Phi) is 6.79. The predicted octanol–water partition coefficient (Wildman–Crippen LogP) is 3.49. The van der Waals surface area contributed by atoms with Crippen molar-refractivity contribution in [2.45, 2.75) is 58.4 Å². The van der Waals surface area contributed by atoms with Crippen LogP contribution in [0, 0.1) is 13.8 Å². The molecule has 1 heterocycles. The first-order valence-electron chi connectivity index (χ1n) is 9.36. The molecule has 0 aliphatic carbocycles. The van der Waals surface area contributed by atoms with Gasteiger partial charge >= 0.3 is 0 Å². The van der Waals surface area contributed by atoms with Crippen LogP contribution in [0.2, 0.25) is 0 Å². The van der Waals surface area contributed by atoms with E-state index in [-0.39, 0.29) is 12.4 Å². The van der Waals surface area contributed by atoms with Crippen molar-refractivity contribution in [2.75, 3.05) is 6.61 Å². The van der Waals surface area contributed by atoms with Gasteiger partial charge in [0, 0.05) is 24.7 Å². The molecular weight excluding hydrogens is 324 g/mol. The summed E-state index contributed by atoms with van der Waals surface area (Å²) >= 11 is 0. The molecule has 0 bridgehead atoms. The molecule has 2 rings (SSSR count). The number of aryl methyl sites for hydroxylation is 4. The van der Waals surface area contributed by atoms with Crippen LogP contribution in [0.25, 0.3) is 0 Å². The highest BCUT2D eigenvalue weighted by atomic mass is 16.3. The van der Waals surface area contributed by atoms with E-state index in [0.29, 0.717) is 12.8 Å². The van der Waals surface area contributed by atoms with Gasteiger partial charge in [-0.3, -0.25) is 4.79 Å². The van der Waals surface area contributed by atoms with Crippen molar-refractivity contribution in [1.82, 2.24) is 4.57 Å². The number of nitrogens with zero attached hydrogens (tertiary/aromatic N) is 1. The number of benzene rings is 1. The van der Waals surface area contributed by atoms with Gasteiger partial charge in [-0.2, -0.15) is 0 Å². The number of ketones is 1. The third-order valence-electron chi connectivity index (χ3n) is 4.98. The van der Waals surface area contributed by atoms with E-state index in [4.69, 9.17) is 5.73 Å². The lowest BCUT2D eigenvalue weighted by molar-refractivity contribution is 0.0972. The van der Waals surface area contributed by atoms with Crippen LogP contribution in [0.1, 0.15) is 59.1 Å². The minimum atomic E-state index is -0.583. The number of hydrogen-bond acceptors (Lipinski definition) is 3. The molecule has 26 heavy (non-hydrogen) atoms. The highest BCUT2D eigenvalue weighted by Gasteiger charge is 2.19. The Balaban J connectivity index is 1.91. The number of aliphatic hydroxyl groups is 1. The van der Waals surface area contributed by atoms with E-state index < -0.39 is 5.54 Å². The van der Waals surface area contributed by atoms with Crippen molar-refractivity contribution < 1.29 is 9.90 Å². The van der Waals surface area contributed by atoms with Gasteiger partial charge in [0.1, 0.15) is 0 Å². The van der Waals surface area contributed by atoms with Crippen LogP contribution < -0.4 is 5.73 Å². The van der Waals surface area contributed by atoms with Crippen molar-refractivity contribution >= 4 is 5.78 Å². The molecule has 0 saturated carbocycles. The fourth-order valence-electron chi connectivity index (χ4n) is 3.37. The van der Waals surface area contributed by atoms with E-state index in [9.17, 15) is 9.90 Å². The molecule has 1 atom stereocenters. The number of carbonyl (C=O) groups is 1. The Hall–Kier alpha value is -1.91. The van der Waals surface area contributed by atoms with E-state index in [1.165, 1.54) is 16.7 Å². The summed E-state index contributed by atoms with van der Waals surface area (Å²) in [6.07, 6.45) is 3.76. The minimum Gasteiger partial charge on any atom is -0.394 e. The normalized spacial score (nSPS) is 13.6. The summed E-state index contributed by atoms with van der Waals surface area (Å²) in [6.45, 7) is 6.02. The maximum atomic E-state index is 12.6. The van der Waals surface area contributed by atoms with Crippen LogP contribution >= 0.6 is 0 Å². The lowest BCUT2D eigenvalue weighted by atomic mass is 9.97. The van der Waals surface area contributed by atoms with Crippen LogP contribution in [0.5, 0.6) is 0 Å². The smallest absolute Gasteiger partial charge is 0.179 e. The SMILES string of the molecule is Cc1cc(C)cc(CCCC(=O)c2ccc(CCC(C)(N)CO)n2C)c1. The maximum absolute atomic E-state index is 12.6. The average molecular weight is 357 g/mol. The van der Waals surface area contributed by atoms with Gasteiger partial charge in [-0.05, 0) is 64.2 Å². The van der Waals surface area contributed by atoms with Gasteiger partial charge in [-0.25, -0.2) is 0 Å². The number of rotatable bonds is 9. The Bertz CT molecular complexity index is 739. The summed E-state index contributed by atoms with van der Waals surface area (Å²) in [5.41, 5.74) is 11.1. The fraction of sp³-hybridized carbons (Fsp3) is 0.500. The topological polar surface area (TPSA) is 68.2 Å². The molecule has 142 valence electrons. The highest BCUT2D eigenvalue weighted by molar-refractivity contribution is 5.94. The molecule has 4 nitrogen and oxygen atoms in total. The van der Waals surface area contributed by atoms with E-state index in [1.807, 2.05) is 30.7 Å². The number of aliphatic hydroxyl groups excluding tert-OH is 1. The molecule has 1 aromatic carbocycles. The van der Waals surface area contributed by atoms with Crippen LogP contribution in [0.3, 0.4) is 0 Å². The minimum absolute atomic E-state index is 0.0400. The summed E-state index contributed by atoms with van der Waals surface area (Å²) in [5.74, 6) is 0.181. The Morgan fingerprint density at radius 2 is 1.81 bits per heavy atom. The molecule has 3 N–H and O–H groups in total. The second-order valence-corrected chi connectivity index (χ2v) is 7.85. The molecule has 0 saturated heterocycles. The fourth-order valence-corrected chi connectivity index (χ4v) is 3.37. The highest BCUT2D eigenvalue weighted by Crippen LogP contribution is 2.17. The van der Waals surface area contributed by atoms with Gasteiger partial charge in [0.2, 0.25) is 0 Å². The second kappa shape index (κ2) is 8.65. The van der Waals surface area contributed by atoms with Gasteiger partial charge in [0.25, 0.3) is 0 Å². The molecule has 0 amide bonds. The maximum Gasteiger partial charge on any atom is 0.179 e. The summed E-state index contributed by atoms with van der Waals surface area (Å²) in [7, 11) is 1.93. The first-order valence-corrected chi connectivity index (χ1v) is 9.36. The number of Topliss-reactive ketones (excluding diaryl/α,β-unsaturated/α-hetero) is 1. The second-order valence-electron chi connectivity index (χ2n) is 7.85. The lowest BCUT2D eigenvalue weighted by Crippen LogP contribution is -2.40. The van der Waals surface area contributed by atoms with Gasteiger partial charge in [-0.15, -0.1) is 0 Å². The number of aromatic nitrogens is 1. The zero-order chi connectivity index (χ0) is 19.3. The predicted molar refractivity (Wildman–Crippen MR) is 107 cm³/mol. The number of nitrogens with two attached hydrogens (primary N) is 1. The molecule has 1 aromatic heterocycles. The molecule has 0 spiro atoms. The molecule has 1 unspecified atom stereocenters. The molecule has 2 aromatic rings. The third kappa shape index (κ3) is 5.55. The van der Waals surface area contributed by atoms with Crippen molar-refractivity contribution in [1.29, 1.82) is 0 Å². The zero-order valence-corrected chi connectivity index (χ0v) is 16.5. The number of hydrogen-bond donors (Lipinski definition) is 2.